The zero-order valence-electron chi connectivity index (χ0n) is 17.6. The number of nitrogens with one attached hydrogen (secondary N) is 1. The predicted octanol–water partition coefficient (Wildman–Crippen LogP) is 3.03. The van der Waals surface area contributed by atoms with Crippen molar-refractivity contribution in [3.05, 3.63) is 36.3 Å². The number of aromatic nitrogens is 2. The summed E-state index contributed by atoms with van der Waals surface area (Å²) in [4.78, 5) is 8.99. The van der Waals surface area contributed by atoms with Crippen LogP contribution in [0.25, 0.3) is 11.3 Å². The van der Waals surface area contributed by atoms with Gasteiger partial charge in [-0.05, 0) is 0 Å². The Balaban J connectivity index is 1.47. The van der Waals surface area contributed by atoms with E-state index in [-0.39, 0.29) is 21.6 Å². The first kappa shape index (κ1) is 22.2. The summed E-state index contributed by atoms with van der Waals surface area (Å²) in [5.74, 6) is 0.282. The molecule has 8 heteroatoms. The Bertz CT molecular complexity index is 936. The summed E-state index contributed by atoms with van der Waals surface area (Å²) >= 11 is -0.126. The van der Waals surface area contributed by atoms with Crippen molar-refractivity contribution in [2.45, 2.75) is 49.3 Å². The number of halogens is 1. The van der Waals surface area contributed by atoms with E-state index in [0.717, 1.165) is 30.2 Å². The van der Waals surface area contributed by atoms with Crippen molar-refractivity contribution in [2.24, 2.45) is 11.1 Å². The van der Waals surface area contributed by atoms with Crippen LogP contribution in [0.3, 0.4) is 0 Å². The molecule has 1 radical (unpaired) electrons. The summed E-state index contributed by atoms with van der Waals surface area (Å²) in [5, 5.41) is 12.9. The number of hydrogen-bond donors (Lipinski definition) is 2. The van der Waals surface area contributed by atoms with Crippen molar-refractivity contribution in [2.75, 3.05) is 25.1 Å². The van der Waals surface area contributed by atoms with Crippen molar-refractivity contribution in [3.8, 4) is 17.3 Å². The van der Waals surface area contributed by atoms with Crippen molar-refractivity contribution >= 4 is 26.1 Å². The van der Waals surface area contributed by atoms with Crippen LogP contribution in [0.4, 0.5) is 10.2 Å². The Kier molecular flexibility index (Phi) is 7.22. The van der Waals surface area contributed by atoms with Gasteiger partial charge in [-0.15, -0.1) is 0 Å². The average molecular weight is 484 g/mol. The molecule has 0 amide bonds. The maximum absolute atomic E-state index is 14.6. The average Bonchev–Trinajstić information content (AvgIpc) is 2.81. The molecule has 0 spiro atoms. The molecule has 0 atom stereocenters. The fraction of sp³-hybridized carbons (Fsp3) is 0.522. The third kappa shape index (κ3) is 5.63. The van der Waals surface area contributed by atoms with Gasteiger partial charge in [-0.2, -0.15) is 0 Å². The molecule has 4 rings (SSSR count). The van der Waals surface area contributed by atoms with Gasteiger partial charge in [0.15, 0.2) is 0 Å². The fourth-order valence-corrected chi connectivity index (χ4v) is 6.79. The Morgan fingerprint density at radius 2 is 2.03 bits per heavy atom. The molecule has 3 heterocycles. The van der Waals surface area contributed by atoms with Crippen LogP contribution in [0.5, 0.6) is 0 Å². The summed E-state index contributed by atoms with van der Waals surface area (Å²) < 4.78 is 21.6. The zero-order chi connectivity index (χ0) is 21.7. The molecule has 2 aromatic rings. The van der Waals surface area contributed by atoms with Gasteiger partial charge in [0.05, 0.1) is 0 Å². The van der Waals surface area contributed by atoms with E-state index in [4.69, 9.17) is 10.5 Å². The van der Waals surface area contributed by atoms with Crippen molar-refractivity contribution in [3.63, 3.8) is 0 Å². The summed E-state index contributed by atoms with van der Waals surface area (Å²) in [6, 6.07) is 10.2. The second-order valence-corrected chi connectivity index (χ2v) is 11.5. The van der Waals surface area contributed by atoms with Crippen LogP contribution in [0.2, 0.25) is 4.71 Å². The van der Waals surface area contributed by atoms with Crippen LogP contribution in [0, 0.1) is 22.6 Å². The van der Waals surface area contributed by atoms with Crippen LogP contribution in [0.15, 0.2) is 30.5 Å². The van der Waals surface area contributed by atoms with Crippen LogP contribution < -0.4 is 15.5 Å². The third-order valence-corrected chi connectivity index (χ3v) is 9.13. The molecule has 2 fully saturated rings. The molecule has 2 aliphatic rings. The molecule has 0 bridgehead atoms. The van der Waals surface area contributed by atoms with E-state index < -0.39 is 5.41 Å². The molecule has 163 valence electrons. The van der Waals surface area contributed by atoms with E-state index in [1.165, 1.54) is 6.20 Å². The number of rotatable bonds is 6. The number of pyridine rings is 2. The Hall–Kier alpha value is -2.00. The number of nitriles is 1. The summed E-state index contributed by atoms with van der Waals surface area (Å²) in [7, 11) is 0. The van der Waals surface area contributed by atoms with Gasteiger partial charge >= 0.3 is 190 Å². The zero-order valence-corrected chi connectivity index (χ0v) is 19.4. The van der Waals surface area contributed by atoms with E-state index in [1.54, 1.807) is 0 Å². The molecule has 0 aromatic carbocycles. The standard InChI is InChI=1S/C23H28AsFN5O/c25-19-13-28-21(24-16-4-6-17(27)7-5-16)12-18(19)20-2-1-3-22(30-20)29-15-23(14-26)8-10-31-11-9-23/h1-3,12-13,16-17H,4-11,15,27H2,(H,29,30). The van der Waals surface area contributed by atoms with Gasteiger partial charge in [0, 0.05) is 0 Å². The molecule has 2 aromatic heterocycles. The first-order chi connectivity index (χ1) is 15.1. The molecule has 1 aliphatic heterocycles. The van der Waals surface area contributed by atoms with Gasteiger partial charge in [0.2, 0.25) is 0 Å². The second kappa shape index (κ2) is 10.1. The van der Waals surface area contributed by atoms with Crippen molar-refractivity contribution in [1.29, 1.82) is 5.26 Å². The fourth-order valence-electron chi connectivity index (χ4n) is 4.15. The quantitative estimate of drug-likeness (QED) is 0.612. The first-order valence-corrected chi connectivity index (χ1v) is 12.9. The minimum atomic E-state index is -0.447. The van der Waals surface area contributed by atoms with E-state index >= 15 is 0 Å². The first-order valence-electron chi connectivity index (χ1n) is 10.9. The molecular weight excluding hydrogens is 456 g/mol. The van der Waals surface area contributed by atoms with E-state index in [1.807, 2.05) is 24.3 Å². The van der Waals surface area contributed by atoms with E-state index in [9.17, 15) is 9.65 Å². The second-order valence-electron chi connectivity index (χ2n) is 8.49. The van der Waals surface area contributed by atoms with E-state index in [0.29, 0.717) is 60.4 Å². The van der Waals surface area contributed by atoms with Crippen LogP contribution >= 0.6 is 0 Å². The molecule has 1 aliphatic carbocycles. The Labute approximate surface area is 189 Å². The molecule has 1 saturated carbocycles. The molecule has 31 heavy (non-hydrogen) atoms. The van der Waals surface area contributed by atoms with Crippen LogP contribution in [-0.2, 0) is 4.74 Å². The summed E-state index contributed by atoms with van der Waals surface area (Å²) in [5.41, 5.74) is 6.64. The van der Waals surface area contributed by atoms with Crippen LogP contribution in [-0.4, -0.2) is 51.5 Å². The maximum atomic E-state index is 14.6. The molecule has 6 nitrogen and oxygen atoms in total. The van der Waals surface area contributed by atoms with E-state index in [2.05, 4.69) is 21.4 Å². The number of hydrogen-bond acceptors (Lipinski definition) is 6. The molecule has 1 saturated heterocycles. The number of nitrogens with zero attached hydrogens (tertiary/aromatic N) is 3. The number of anilines is 1. The third-order valence-electron chi connectivity index (χ3n) is 6.22. The normalized spacial score (nSPS) is 23.5. The van der Waals surface area contributed by atoms with Gasteiger partial charge in [0.25, 0.3) is 0 Å². The van der Waals surface area contributed by atoms with Crippen LogP contribution in [0.1, 0.15) is 38.5 Å². The number of ether oxygens (including phenoxy) is 1. The molecular formula is C23H28AsFN5O. The Morgan fingerprint density at radius 3 is 2.77 bits per heavy atom. The molecule has 0 unspecified atom stereocenters. The Morgan fingerprint density at radius 1 is 1.26 bits per heavy atom. The van der Waals surface area contributed by atoms with Gasteiger partial charge in [-0.3, -0.25) is 0 Å². The summed E-state index contributed by atoms with van der Waals surface area (Å²) in [6.45, 7) is 1.70. The van der Waals surface area contributed by atoms with Gasteiger partial charge in [-0.25, -0.2) is 0 Å². The van der Waals surface area contributed by atoms with Gasteiger partial charge in [-0.1, -0.05) is 0 Å². The van der Waals surface area contributed by atoms with Crippen molar-refractivity contribution < 1.29 is 9.13 Å². The monoisotopic (exact) mass is 484 g/mol. The van der Waals surface area contributed by atoms with Gasteiger partial charge < -0.3 is 0 Å². The number of nitrogens with two attached hydrogens (primary N) is 1. The summed E-state index contributed by atoms with van der Waals surface area (Å²) in [6.07, 6.45) is 7.14. The minimum absolute atomic E-state index is 0.126. The van der Waals surface area contributed by atoms with Crippen molar-refractivity contribution in [1.82, 2.24) is 9.97 Å². The molecule has 3 N–H and O–H groups in total. The topological polar surface area (TPSA) is 96.9 Å². The SMILES string of the molecule is N#CC1(CNc2cccc(-c3cc([As]C4CCC(N)CC4)ncc3F)n2)CCOCC1. The van der Waals surface area contributed by atoms with Gasteiger partial charge in [0.1, 0.15) is 0 Å². The predicted molar refractivity (Wildman–Crippen MR) is 120 cm³/mol.